The van der Waals surface area contributed by atoms with E-state index in [1.807, 2.05) is 0 Å². The van der Waals surface area contributed by atoms with Crippen LogP contribution in [0.2, 0.25) is 0 Å². The Kier molecular flexibility index (Phi) is 1.15. The van der Waals surface area contributed by atoms with Gasteiger partial charge in [0.05, 0.1) is 12.4 Å². The molecule has 0 bridgehead atoms. The molecule has 0 N–H and O–H groups in total. The van der Waals surface area contributed by atoms with Crippen molar-refractivity contribution < 1.29 is 0 Å². The second kappa shape index (κ2) is 2.12. The molecule has 0 saturated carbocycles. The highest BCUT2D eigenvalue weighted by molar-refractivity contribution is 5.40. The number of fused-ring (bicyclic) bond motifs is 1. The van der Waals surface area contributed by atoms with Crippen molar-refractivity contribution in [3.63, 3.8) is 0 Å². The van der Waals surface area contributed by atoms with Crippen molar-refractivity contribution in [2.24, 2.45) is 0 Å². The van der Waals surface area contributed by atoms with Crippen LogP contribution in [0.1, 0.15) is 0 Å². The Hall–Kier alpha value is -1.78. The van der Waals surface area contributed by atoms with Gasteiger partial charge in [0.1, 0.15) is 5.52 Å². The molecule has 0 atom stereocenters. The van der Waals surface area contributed by atoms with Crippen molar-refractivity contribution in [1.82, 2.24) is 19.8 Å². The second-order valence-corrected chi connectivity index (χ2v) is 1.98. The molecule has 0 radical (unpaired) electrons. The summed E-state index contributed by atoms with van der Waals surface area (Å²) in [5.41, 5.74) is 0.0648. The molecule has 0 amide bonds. The molecule has 0 unspecified atom stereocenters. The lowest BCUT2D eigenvalue weighted by molar-refractivity contribution is 0.962. The molecule has 54 valence electrons. The van der Waals surface area contributed by atoms with E-state index in [1.165, 1.54) is 10.7 Å². The van der Waals surface area contributed by atoms with E-state index in [9.17, 15) is 4.79 Å². The Labute approximate surface area is 61.3 Å². The first-order chi connectivity index (χ1) is 5.38. The third-order valence-corrected chi connectivity index (χ3v) is 1.31. The van der Waals surface area contributed by atoms with E-state index < -0.39 is 0 Å². The number of hydrogen-bond donors (Lipinski definition) is 0. The zero-order valence-corrected chi connectivity index (χ0v) is 5.51. The van der Waals surface area contributed by atoms with Gasteiger partial charge in [0, 0.05) is 6.20 Å². The van der Waals surface area contributed by atoms with Crippen LogP contribution in [-0.2, 0) is 0 Å². The van der Waals surface area contributed by atoms with Crippen LogP contribution < -0.4 is 5.56 Å². The summed E-state index contributed by atoms with van der Waals surface area (Å²) in [6.07, 6.45) is 4.53. The molecule has 2 aromatic heterocycles. The molecule has 0 aromatic carbocycles. The van der Waals surface area contributed by atoms with Crippen molar-refractivity contribution in [1.29, 1.82) is 0 Å². The van der Waals surface area contributed by atoms with Crippen molar-refractivity contribution in [3.05, 3.63) is 35.0 Å². The largest absolute Gasteiger partial charge is 0.314 e. The zero-order chi connectivity index (χ0) is 7.68. The minimum Gasteiger partial charge on any atom is -0.263 e. The van der Waals surface area contributed by atoms with E-state index in [0.29, 0.717) is 5.52 Å². The molecular weight excluding hydrogens is 144 g/mol. The summed E-state index contributed by atoms with van der Waals surface area (Å²) in [6, 6.07) is 1.59. The van der Waals surface area contributed by atoms with Crippen LogP contribution in [0.15, 0.2) is 29.5 Å². The Morgan fingerprint density at radius 2 is 2.27 bits per heavy atom. The van der Waals surface area contributed by atoms with Crippen LogP contribution in [0.5, 0.6) is 0 Å². The predicted octanol–water partition coefficient (Wildman–Crippen LogP) is -0.516. The van der Waals surface area contributed by atoms with Crippen LogP contribution in [0, 0.1) is 0 Å². The maximum atomic E-state index is 11.0. The van der Waals surface area contributed by atoms with Crippen LogP contribution in [-0.4, -0.2) is 19.8 Å². The summed E-state index contributed by atoms with van der Waals surface area (Å²) in [4.78, 5) is 11.0. The average Bonchev–Trinajstić information content (AvgIpc) is 2.40. The van der Waals surface area contributed by atoms with E-state index in [0.717, 1.165) is 0 Å². The molecule has 5 nitrogen and oxygen atoms in total. The average molecular weight is 148 g/mol. The van der Waals surface area contributed by atoms with E-state index in [1.54, 1.807) is 18.5 Å². The summed E-state index contributed by atoms with van der Waals surface area (Å²) in [7, 11) is 0. The maximum absolute atomic E-state index is 11.0. The van der Waals surface area contributed by atoms with Gasteiger partial charge >= 0.3 is 5.56 Å². The number of aromatic nitrogens is 4. The molecule has 0 fully saturated rings. The lowest BCUT2D eigenvalue weighted by Crippen LogP contribution is -2.04. The summed E-state index contributed by atoms with van der Waals surface area (Å²) in [5, 5.41) is 10.7. The van der Waals surface area contributed by atoms with Gasteiger partial charge in [-0.2, -0.15) is 10.2 Å². The molecule has 0 saturated heterocycles. The summed E-state index contributed by atoms with van der Waals surface area (Å²) >= 11 is 0. The van der Waals surface area contributed by atoms with Gasteiger partial charge in [-0.25, -0.2) is 4.52 Å². The normalized spacial score (nSPS) is 10.2. The first kappa shape index (κ1) is 5.96. The fourth-order valence-electron chi connectivity index (χ4n) is 0.832. The molecular formula is C6H4N4O. The molecule has 0 aliphatic carbocycles. The fourth-order valence-corrected chi connectivity index (χ4v) is 0.832. The van der Waals surface area contributed by atoms with Gasteiger partial charge in [-0.1, -0.05) is 0 Å². The number of nitrogens with zero attached hydrogens (tertiary/aromatic N) is 4. The lowest BCUT2D eigenvalue weighted by Gasteiger charge is -1.77. The van der Waals surface area contributed by atoms with E-state index in [2.05, 4.69) is 15.3 Å². The van der Waals surface area contributed by atoms with Crippen LogP contribution in [0.25, 0.3) is 5.52 Å². The van der Waals surface area contributed by atoms with E-state index >= 15 is 0 Å². The Morgan fingerprint density at radius 3 is 3.18 bits per heavy atom. The quantitative estimate of drug-likeness (QED) is 0.504. The van der Waals surface area contributed by atoms with Crippen molar-refractivity contribution in [2.75, 3.05) is 0 Å². The summed E-state index contributed by atoms with van der Waals surface area (Å²) in [6.45, 7) is 0. The molecule has 0 aliphatic heterocycles. The van der Waals surface area contributed by atoms with Gasteiger partial charge in [-0.15, -0.1) is 5.10 Å². The van der Waals surface area contributed by atoms with E-state index in [-0.39, 0.29) is 5.56 Å². The standard InChI is InChI=1S/C6H4N4O/c11-6-5-1-2-8-10(5)4-3-7-9-6/h1-4H. The minimum absolute atomic E-state index is 0.368. The number of hydrogen-bond acceptors (Lipinski definition) is 4. The third-order valence-electron chi connectivity index (χ3n) is 1.31. The lowest BCUT2D eigenvalue weighted by atomic mass is 10.5. The van der Waals surface area contributed by atoms with Crippen LogP contribution >= 0.6 is 0 Å². The summed E-state index contributed by atoms with van der Waals surface area (Å²) in [5.74, 6) is 0. The first-order valence-electron chi connectivity index (χ1n) is 3.03. The van der Waals surface area contributed by atoms with Crippen molar-refractivity contribution in [3.8, 4) is 0 Å². The molecule has 0 spiro atoms. The molecule has 11 heavy (non-hydrogen) atoms. The highest BCUT2D eigenvalue weighted by Crippen LogP contribution is 1.88. The van der Waals surface area contributed by atoms with Crippen molar-refractivity contribution in [2.45, 2.75) is 0 Å². The topological polar surface area (TPSA) is 60.2 Å². The monoisotopic (exact) mass is 148 g/mol. The Balaban J connectivity index is 3.09. The first-order valence-corrected chi connectivity index (χ1v) is 3.03. The van der Waals surface area contributed by atoms with Gasteiger partial charge in [0.15, 0.2) is 0 Å². The summed E-state index contributed by atoms with van der Waals surface area (Å²) < 4.78 is 1.43. The second-order valence-electron chi connectivity index (χ2n) is 1.98. The third kappa shape index (κ3) is 0.861. The molecule has 2 aromatic rings. The minimum atomic E-state index is -0.368. The predicted molar refractivity (Wildman–Crippen MR) is 37.1 cm³/mol. The Bertz CT molecular complexity index is 436. The molecule has 2 heterocycles. The Morgan fingerprint density at radius 1 is 1.36 bits per heavy atom. The van der Waals surface area contributed by atoms with E-state index in [4.69, 9.17) is 0 Å². The molecule has 5 heteroatoms. The van der Waals surface area contributed by atoms with Gasteiger partial charge in [-0.05, 0) is 6.07 Å². The van der Waals surface area contributed by atoms with Gasteiger partial charge in [0.25, 0.3) is 0 Å². The van der Waals surface area contributed by atoms with Gasteiger partial charge in [-0.3, -0.25) is 4.79 Å². The fraction of sp³-hybridized carbons (Fsp3) is 0. The van der Waals surface area contributed by atoms with Gasteiger partial charge < -0.3 is 0 Å². The van der Waals surface area contributed by atoms with Crippen LogP contribution in [0.3, 0.4) is 0 Å². The molecule has 2 rings (SSSR count). The SMILES string of the molecule is O=c1nnccn2nccc12. The highest BCUT2D eigenvalue weighted by Gasteiger charge is 1.94. The zero-order valence-electron chi connectivity index (χ0n) is 5.51. The molecule has 0 aliphatic rings. The highest BCUT2D eigenvalue weighted by atomic mass is 16.1. The smallest absolute Gasteiger partial charge is 0.263 e. The van der Waals surface area contributed by atoms with Gasteiger partial charge in [0.2, 0.25) is 0 Å². The van der Waals surface area contributed by atoms with Crippen molar-refractivity contribution >= 4 is 5.52 Å². The number of rotatable bonds is 0. The maximum Gasteiger partial charge on any atom is 0.314 e. The van der Waals surface area contributed by atoms with Crippen LogP contribution in [0.4, 0.5) is 0 Å².